The number of nitrogens with one attached hydrogen (secondary N) is 3. The third-order valence-corrected chi connectivity index (χ3v) is 5.69. The van der Waals surface area contributed by atoms with Gasteiger partial charge in [0.2, 0.25) is 17.7 Å². The molecular weight excluding hydrogens is 428 g/mol. The fourth-order valence-corrected chi connectivity index (χ4v) is 4.04. The van der Waals surface area contributed by atoms with E-state index in [-0.39, 0.29) is 23.9 Å². The van der Waals surface area contributed by atoms with E-state index in [1.54, 1.807) is 12.1 Å². The van der Waals surface area contributed by atoms with Crippen LogP contribution in [0.4, 0.5) is 11.4 Å². The molecule has 2 amide bonds. The van der Waals surface area contributed by atoms with Crippen LogP contribution in [0, 0.1) is 10.1 Å². The number of benzene rings is 1. The van der Waals surface area contributed by atoms with E-state index in [1.165, 1.54) is 19.1 Å². The molecule has 1 fully saturated rings. The number of hydrogen-bond acceptors (Lipinski definition) is 8. The summed E-state index contributed by atoms with van der Waals surface area (Å²) in [5.41, 5.74) is 0.163. The molecule has 1 saturated carbocycles. The number of amides is 2. The summed E-state index contributed by atoms with van der Waals surface area (Å²) < 4.78 is 5.37. The minimum atomic E-state index is -0.601. The predicted molar refractivity (Wildman–Crippen MR) is 120 cm³/mol. The van der Waals surface area contributed by atoms with E-state index in [0.29, 0.717) is 31.2 Å². The maximum atomic E-state index is 12.1. The van der Waals surface area contributed by atoms with E-state index in [1.807, 2.05) is 0 Å². The fourth-order valence-electron chi connectivity index (χ4n) is 4.04. The number of nitro benzene ring substituents is 1. The zero-order valence-corrected chi connectivity index (χ0v) is 18.8. The van der Waals surface area contributed by atoms with Gasteiger partial charge in [0, 0.05) is 50.7 Å². The molecule has 3 N–H and O–H groups in total. The highest BCUT2D eigenvalue weighted by Gasteiger charge is 2.38. The summed E-state index contributed by atoms with van der Waals surface area (Å²) in [6, 6.07) is 6.08. The lowest BCUT2D eigenvalue weighted by Crippen LogP contribution is -2.45. The van der Waals surface area contributed by atoms with Gasteiger partial charge in [-0.15, -0.1) is 0 Å². The van der Waals surface area contributed by atoms with E-state index < -0.39 is 10.5 Å². The number of non-ortho nitro benzene ring substituents is 1. The molecule has 178 valence electrons. The van der Waals surface area contributed by atoms with E-state index >= 15 is 0 Å². The van der Waals surface area contributed by atoms with Crippen LogP contribution in [0.25, 0.3) is 0 Å². The quantitative estimate of drug-likeness (QED) is 0.213. The van der Waals surface area contributed by atoms with Gasteiger partial charge in [0.25, 0.3) is 5.69 Å². The van der Waals surface area contributed by atoms with Gasteiger partial charge in [-0.2, -0.15) is 4.98 Å². The van der Waals surface area contributed by atoms with Crippen molar-refractivity contribution in [1.82, 2.24) is 20.8 Å². The van der Waals surface area contributed by atoms with Gasteiger partial charge in [-0.1, -0.05) is 30.8 Å². The van der Waals surface area contributed by atoms with Crippen LogP contribution in [-0.4, -0.2) is 40.0 Å². The number of anilines is 1. The summed E-state index contributed by atoms with van der Waals surface area (Å²) in [5, 5.41) is 23.7. The zero-order chi connectivity index (χ0) is 23.7. The van der Waals surface area contributed by atoms with E-state index in [2.05, 4.69) is 26.1 Å². The molecule has 0 bridgehead atoms. The van der Waals surface area contributed by atoms with Gasteiger partial charge >= 0.3 is 0 Å². The Bertz CT molecular complexity index is 950. The van der Waals surface area contributed by atoms with Crippen LogP contribution in [0.2, 0.25) is 0 Å². The Morgan fingerprint density at radius 2 is 1.82 bits per heavy atom. The number of carbonyl (C=O) groups is 2. The molecule has 11 heteroatoms. The van der Waals surface area contributed by atoms with Gasteiger partial charge in [-0.25, -0.2) is 0 Å². The van der Waals surface area contributed by atoms with Crippen LogP contribution in [0.1, 0.15) is 63.6 Å². The molecule has 0 aliphatic heterocycles. The number of nitro groups is 1. The maximum absolute atomic E-state index is 12.1. The molecule has 33 heavy (non-hydrogen) atoms. The van der Waals surface area contributed by atoms with Crippen LogP contribution in [0.3, 0.4) is 0 Å². The van der Waals surface area contributed by atoms with Gasteiger partial charge < -0.3 is 20.5 Å². The molecule has 1 aromatic carbocycles. The van der Waals surface area contributed by atoms with Crippen molar-refractivity contribution in [1.29, 1.82) is 0 Å². The van der Waals surface area contributed by atoms with Crippen molar-refractivity contribution in [2.75, 3.05) is 18.4 Å². The second-order valence-corrected chi connectivity index (χ2v) is 8.27. The minimum Gasteiger partial charge on any atom is -0.383 e. The molecule has 0 unspecified atom stereocenters. The Morgan fingerprint density at radius 3 is 2.45 bits per heavy atom. The molecule has 0 atom stereocenters. The molecule has 0 radical (unpaired) electrons. The first-order valence-electron chi connectivity index (χ1n) is 11.2. The van der Waals surface area contributed by atoms with Crippen molar-refractivity contribution in [3.05, 3.63) is 46.1 Å². The van der Waals surface area contributed by atoms with Gasteiger partial charge in [0.15, 0.2) is 5.82 Å². The molecule has 0 saturated heterocycles. The summed E-state index contributed by atoms with van der Waals surface area (Å²) >= 11 is 0. The summed E-state index contributed by atoms with van der Waals surface area (Å²) in [6.45, 7) is 2.37. The highest BCUT2D eigenvalue weighted by atomic mass is 16.6. The number of hydrogen-bond donors (Lipinski definition) is 3. The van der Waals surface area contributed by atoms with Crippen molar-refractivity contribution >= 4 is 23.2 Å². The van der Waals surface area contributed by atoms with Crippen molar-refractivity contribution in [3.63, 3.8) is 0 Å². The van der Waals surface area contributed by atoms with E-state index in [9.17, 15) is 19.7 Å². The molecular formula is C22H30N6O5. The van der Waals surface area contributed by atoms with Gasteiger partial charge in [0.05, 0.1) is 4.92 Å². The second kappa shape index (κ2) is 11.4. The first-order valence-corrected chi connectivity index (χ1v) is 11.2. The fraction of sp³-hybridized carbons (Fsp3) is 0.545. The summed E-state index contributed by atoms with van der Waals surface area (Å²) in [7, 11) is 0. The summed E-state index contributed by atoms with van der Waals surface area (Å²) in [6.07, 6.45) is 6.26. The van der Waals surface area contributed by atoms with Crippen molar-refractivity contribution in [3.8, 4) is 0 Å². The Hall–Kier alpha value is -3.50. The molecule has 2 aromatic rings. The normalized spacial score (nSPS) is 15.3. The molecule has 11 nitrogen and oxygen atoms in total. The zero-order valence-electron chi connectivity index (χ0n) is 18.8. The van der Waals surface area contributed by atoms with Crippen molar-refractivity contribution < 1.29 is 19.0 Å². The topological polar surface area (TPSA) is 152 Å². The average Bonchev–Trinajstić information content (AvgIpc) is 3.15. The Balaban J connectivity index is 1.44. The SMILES string of the molecule is CC(=O)NC1(c2noc(CCC(=O)NCCNc3ccc([N+](=O)[O-])cc3)n2)CCCCCC1. The Labute approximate surface area is 191 Å². The van der Waals surface area contributed by atoms with Crippen LogP contribution in [0.15, 0.2) is 28.8 Å². The smallest absolute Gasteiger partial charge is 0.269 e. The molecule has 1 aliphatic rings. The Kier molecular flexibility index (Phi) is 8.34. The predicted octanol–water partition coefficient (Wildman–Crippen LogP) is 2.82. The van der Waals surface area contributed by atoms with Gasteiger partial charge in [0.1, 0.15) is 5.54 Å². The molecule has 1 heterocycles. The number of aryl methyl sites for hydroxylation is 1. The lowest BCUT2D eigenvalue weighted by molar-refractivity contribution is -0.384. The highest BCUT2D eigenvalue weighted by molar-refractivity contribution is 5.76. The average molecular weight is 459 g/mol. The lowest BCUT2D eigenvalue weighted by atomic mass is 9.89. The third kappa shape index (κ3) is 6.99. The van der Waals surface area contributed by atoms with E-state index in [0.717, 1.165) is 44.2 Å². The minimum absolute atomic E-state index is 0.0278. The van der Waals surface area contributed by atoms with Crippen molar-refractivity contribution in [2.45, 2.75) is 63.8 Å². The largest absolute Gasteiger partial charge is 0.383 e. The monoisotopic (exact) mass is 458 g/mol. The van der Waals surface area contributed by atoms with Gasteiger partial charge in [-0.05, 0) is 25.0 Å². The van der Waals surface area contributed by atoms with Crippen LogP contribution in [0.5, 0.6) is 0 Å². The van der Waals surface area contributed by atoms with Gasteiger partial charge in [-0.3, -0.25) is 19.7 Å². The molecule has 1 aromatic heterocycles. The molecule has 1 aliphatic carbocycles. The van der Waals surface area contributed by atoms with Crippen LogP contribution in [-0.2, 0) is 21.5 Å². The van der Waals surface area contributed by atoms with E-state index in [4.69, 9.17) is 4.52 Å². The lowest BCUT2D eigenvalue weighted by Gasteiger charge is -2.30. The number of aromatic nitrogens is 2. The maximum Gasteiger partial charge on any atom is 0.269 e. The van der Waals surface area contributed by atoms with Crippen molar-refractivity contribution in [2.24, 2.45) is 0 Å². The molecule has 3 rings (SSSR count). The highest BCUT2D eigenvalue weighted by Crippen LogP contribution is 2.34. The van der Waals surface area contributed by atoms with Crippen LogP contribution >= 0.6 is 0 Å². The van der Waals surface area contributed by atoms with Crippen LogP contribution < -0.4 is 16.0 Å². The standard InChI is InChI=1S/C22H30N6O5/c1-16(29)26-22(12-4-2-3-5-13-22)21-25-20(33-27-21)11-10-19(30)24-15-14-23-17-6-8-18(9-7-17)28(31)32/h6-9,23H,2-5,10-15H2,1H3,(H,24,30)(H,26,29). The second-order valence-electron chi connectivity index (χ2n) is 8.27. The summed E-state index contributed by atoms with van der Waals surface area (Å²) in [5.74, 6) is 0.594. The first-order chi connectivity index (χ1) is 15.9. The number of carbonyl (C=O) groups excluding carboxylic acids is 2. The number of rotatable bonds is 10. The first kappa shape index (κ1) is 24.1. The number of nitrogens with zero attached hydrogens (tertiary/aromatic N) is 3. The molecule has 0 spiro atoms. The summed E-state index contributed by atoms with van der Waals surface area (Å²) in [4.78, 5) is 38.7. The Morgan fingerprint density at radius 1 is 1.12 bits per heavy atom. The third-order valence-electron chi connectivity index (χ3n) is 5.69.